The van der Waals surface area contributed by atoms with Crippen molar-refractivity contribution >= 4 is 38.3 Å². The van der Waals surface area contributed by atoms with Crippen molar-refractivity contribution in [2.75, 3.05) is 5.32 Å². The van der Waals surface area contributed by atoms with Gasteiger partial charge in [0.25, 0.3) is 10.0 Å². The molecule has 2 atom stereocenters. The lowest BCUT2D eigenvalue weighted by Crippen LogP contribution is -2.45. The number of hydrogen-bond acceptors (Lipinski definition) is 6. The molecule has 2 aliphatic rings. The molecule has 4 aromatic rings. The van der Waals surface area contributed by atoms with Gasteiger partial charge in [-0.2, -0.15) is 0 Å². The standard InChI is InChI=1S/C30H25N5O2S/c1-20-14-16-22(17-15-20)38(36,37)35-30-29(32-25-11-5-6-12-26(25)33-30)34-27-13-7-10-24-23(18-19-31-28(24)27)21-8-3-2-4-9-21/h2-19,25-26H,1H3,(H,32,34)(H,33,35). The number of rotatable bonds is 4. The number of fused-ring (bicyclic) bond motifs is 2. The van der Waals surface area contributed by atoms with Crippen molar-refractivity contribution in [2.45, 2.75) is 23.9 Å². The summed E-state index contributed by atoms with van der Waals surface area (Å²) < 4.78 is 29.2. The van der Waals surface area contributed by atoms with Gasteiger partial charge in [0.05, 0.1) is 28.2 Å². The molecule has 0 spiro atoms. The maximum Gasteiger partial charge on any atom is 0.263 e. The Labute approximate surface area is 221 Å². The van der Waals surface area contributed by atoms with Crippen LogP contribution in [0.4, 0.5) is 5.69 Å². The van der Waals surface area contributed by atoms with Crippen LogP contribution in [0, 0.1) is 6.92 Å². The third-order valence-corrected chi connectivity index (χ3v) is 7.88. The van der Waals surface area contributed by atoms with E-state index in [0.717, 1.165) is 27.6 Å². The van der Waals surface area contributed by atoms with Gasteiger partial charge in [0, 0.05) is 11.6 Å². The number of pyridine rings is 1. The first-order valence-corrected chi connectivity index (χ1v) is 13.8. The second-order valence-corrected chi connectivity index (χ2v) is 10.9. The Morgan fingerprint density at radius 3 is 2.21 bits per heavy atom. The number of sulfonamides is 1. The van der Waals surface area contributed by atoms with Crippen molar-refractivity contribution in [3.05, 3.63) is 115 Å². The number of allylic oxidation sites excluding steroid dienone is 2. The molecule has 2 N–H and O–H groups in total. The summed E-state index contributed by atoms with van der Waals surface area (Å²) in [5.41, 5.74) is 4.57. The first-order chi connectivity index (χ1) is 18.5. The van der Waals surface area contributed by atoms with E-state index in [2.05, 4.69) is 27.2 Å². The number of anilines is 1. The molecule has 3 aromatic carbocycles. The molecule has 1 aliphatic heterocycles. The predicted molar refractivity (Wildman–Crippen MR) is 153 cm³/mol. The van der Waals surface area contributed by atoms with Gasteiger partial charge in [0.15, 0.2) is 11.7 Å². The average Bonchev–Trinajstić information content (AvgIpc) is 2.94. The highest BCUT2D eigenvalue weighted by Gasteiger charge is 2.29. The number of aliphatic imine (C=N–C) groups is 2. The summed E-state index contributed by atoms with van der Waals surface area (Å²) in [5, 5.41) is 4.31. The van der Waals surface area contributed by atoms with E-state index in [1.807, 2.05) is 73.7 Å². The average molecular weight is 520 g/mol. The van der Waals surface area contributed by atoms with E-state index in [1.165, 1.54) is 0 Å². The van der Waals surface area contributed by atoms with Crippen molar-refractivity contribution < 1.29 is 8.42 Å². The van der Waals surface area contributed by atoms with E-state index in [9.17, 15) is 8.42 Å². The summed E-state index contributed by atoms with van der Waals surface area (Å²) in [5.74, 6) is 0.490. The van der Waals surface area contributed by atoms with Crippen LogP contribution in [0.1, 0.15) is 5.56 Å². The fourth-order valence-electron chi connectivity index (χ4n) is 4.59. The summed E-state index contributed by atoms with van der Waals surface area (Å²) >= 11 is 0. The van der Waals surface area contributed by atoms with Gasteiger partial charge in [-0.25, -0.2) is 8.42 Å². The minimum Gasteiger partial charge on any atom is -0.336 e. The SMILES string of the molecule is Cc1ccc(S(=O)(=O)NC2=NC3C=CC=CC3N=C2Nc2cccc3c(-c4ccccc4)ccnc23)cc1. The van der Waals surface area contributed by atoms with Gasteiger partial charge in [-0.3, -0.25) is 19.7 Å². The van der Waals surface area contributed by atoms with Crippen molar-refractivity contribution in [3.8, 4) is 11.1 Å². The molecule has 0 saturated carbocycles. The predicted octanol–water partition coefficient (Wildman–Crippen LogP) is 5.27. The molecular weight excluding hydrogens is 494 g/mol. The zero-order valence-electron chi connectivity index (χ0n) is 20.6. The summed E-state index contributed by atoms with van der Waals surface area (Å²) in [6, 6.07) is 24.2. The molecule has 0 saturated heterocycles. The molecular formula is C30H25N5O2S. The topological polar surface area (TPSA) is 95.8 Å². The van der Waals surface area contributed by atoms with Crippen molar-refractivity contribution in [1.82, 2.24) is 9.71 Å². The lowest BCUT2D eigenvalue weighted by atomic mass is 10.0. The Morgan fingerprint density at radius 1 is 0.763 bits per heavy atom. The number of nitrogens with one attached hydrogen (secondary N) is 2. The van der Waals surface area contributed by atoms with E-state index >= 15 is 0 Å². The minimum absolute atomic E-state index is 0.156. The molecule has 0 bridgehead atoms. The molecule has 0 amide bonds. The monoisotopic (exact) mass is 519 g/mol. The number of aryl methyl sites for hydroxylation is 1. The molecule has 7 nitrogen and oxygen atoms in total. The number of amidine groups is 2. The Morgan fingerprint density at radius 2 is 1.47 bits per heavy atom. The second kappa shape index (κ2) is 9.72. The van der Waals surface area contributed by atoms with Gasteiger partial charge in [-0.1, -0.05) is 84.5 Å². The van der Waals surface area contributed by atoms with Gasteiger partial charge in [-0.05, 0) is 42.3 Å². The highest BCUT2D eigenvalue weighted by molar-refractivity contribution is 7.90. The summed E-state index contributed by atoms with van der Waals surface area (Å²) in [7, 11) is -3.88. The third-order valence-electron chi connectivity index (χ3n) is 6.53. The van der Waals surface area contributed by atoms with E-state index in [4.69, 9.17) is 9.98 Å². The zero-order valence-corrected chi connectivity index (χ0v) is 21.4. The first-order valence-electron chi connectivity index (χ1n) is 12.3. The number of aromatic nitrogens is 1. The van der Waals surface area contributed by atoms with Crippen LogP contribution in [0.25, 0.3) is 22.0 Å². The Hall–Kier alpha value is -4.56. The number of hydrogen-bond donors (Lipinski definition) is 2. The van der Waals surface area contributed by atoms with Gasteiger partial charge in [0.1, 0.15) is 0 Å². The van der Waals surface area contributed by atoms with Crippen LogP contribution >= 0.6 is 0 Å². The van der Waals surface area contributed by atoms with Crippen LogP contribution in [-0.4, -0.2) is 37.2 Å². The lowest BCUT2D eigenvalue weighted by molar-refractivity contribution is 0.592. The van der Waals surface area contributed by atoms with E-state index in [-0.39, 0.29) is 22.8 Å². The lowest BCUT2D eigenvalue weighted by Gasteiger charge is -2.26. The van der Waals surface area contributed by atoms with Crippen LogP contribution in [0.2, 0.25) is 0 Å². The maximum atomic E-state index is 13.3. The number of para-hydroxylation sites is 1. The molecule has 2 heterocycles. The fraction of sp³-hybridized carbons (Fsp3) is 0.100. The van der Waals surface area contributed by atoms with Crippen LogP contribution < -0.4 is 10.0 Å². The van der Waals surface area contributed by atoms with Gasteiger partial charge in [0.2, 0.25) is 0 Å². The molecule has 1 aromatic heterocycles. The molecule has 1 aliphatic carbocycles. The quantitative estimate of drug-likeness (QED) is 0.384. The van der Waals surface area contributed by atoms with Crippen LogP contribution in [0.3, 0.4) is 0 Å². The maximum absolute atomic E-state index is 13.3. The molecule has 8 heteroatoms. The molecule has 2 unspecified atom stereocenters. The molecule has 188 valence electrons. The van der Waals surface area contributed by atoms with E-state index < -0.39 is 10.0 Å². The van der Waals surface area contributed by atoms with Crippen molar-refractivity contribution in [2.24, 2.45) is 9.98 Å². The number of benzene rings is 3. The largest absolute Gasteiger partial charge is 0.336 e. The van der Waals surface area contributed by atoms with Crippen LogP contribution in [0.15, 0.2) is 124 Å². The smallest absolute Gasteiger partial charge is 0.263 e. The summed E-state index contributed by atoms with van der Waals surface area (Å²) in [6.45, 7) is 1.91. The fourth-order valence-corrected chi connectivity index (χ4v) is 5.60. The van der Waals surface area contributed by atoms with Gasteiger partial charge >= 0.3 is 0 Å². The highest BCUT2D eigenvalue weighted by Crippen LogP contribution is 2.31. The van der Waals surface area contributed by atoms with Crippen LogP contribution in [0.5, 0.6) is 0 Å². The number of nitrogens with zero attached hydrogens (tertiary/aromatic N) is 3. The molecule has 38 heavy (non-hydrogen) atoms. The summed E-state index contributed by atoms with van der Waals surface area (Å²) in [4.78, 5) is 14.4. The Balaban J connectivity index is 1.39. The molecule has 0 radical (unpaired) electrons. The van der Waals surface area contributed by atoms with Gasteiger partial charge in [-0.15, -0.1) is 0 Å². The van der Waals surface area contributed by atoms with Crippen LogP contribution in [-0.2, 0) is 10.0 Å². The second-order valence-electron chi connectivity index (χ2n) is 9.18. The summed E-state index contributed by atoms with van der Waals surface area (Å²) in [6.07, 6.45) is 9.46. The zero-order chi connectivity index (χ0) is 26.1. The molecule has 6 rings (SSSR count). The Bertz CT molecular complexity index is 1740. The van der Waals surface area contributed by atoms with Gasteiger partial charge < -0.3 is 5.32 Å². The van der Waals surface area contributed by atoms with E-state index in [1.54, 1.807) is 30.5 Å². The minimum atomic E-state index is -3.88. The normalized spacial score (nSPS) is 18.4. The molecule has 0 fully saturated rings. The highest BCUT2D eigenvalue weighted by atomic mass is 32.2. The van der Waals surface area contributed by atoms with Crippen molar-refractivity contribution in [1.29, 1.82) is 0 Å². The van der Waals surface area contributed by atoms with E-state index in [0.29, 0.717) is 11.5 Å². The third kappa shape index (κ3) is 4.62. The first kappa shape index (κ1) is 23.8. The van der Waals surface area contributed by atoms with Crippen molar-refractivity contribution in [3.63, 3.8) is 0 Å². The Kier molecular flexibility index (Phi) is 6.09.